The molecule has 0 unspecified atom stereocenters. The highest BCUT2D eigenvalue weighted by atomic mass is 16.5. The van der Waals surface area contributed by atoms with E-state index in [9.17, 15) is 0 Å². The van der Waals surface area contributed by atoms with E-state index in [0.717, 1.165) is 25.9 Å². The Balaban J connectivity index is 2.70. The van der Waals surface area contributed by atoms with Crippen molar-refractivity contribution in [2.75, 3.05) is 26.9 Å². The molecular weight excluding hydrogens is 266 g/mol. The van der Waals surface area contributed by atoms with Gasteiger partial charge in [0, 0.05) is 31.0 Å². The topological polar surface area (TPSA) is 48.3 Å². The normalized spacial score (nSPS) is 11.5. The lowest BCUT2D eigenvalue weighted by Crippen LogP contribution is -2.23. The van der Waals surface area contributed by atoms with Crippen molar-refractivity contribution < 1.29 is 9.47 Å². The highest BCUT2D eigenvalue weighted by Crippen LogP contribution is 2.16. The molecule has 5 nitrogen and oxygen atoms in total. The van der Waals surface area contributed by atoms with Gasteiger partial charge in [-0.1, -0.05) is 27.7 Å². The molecular formula is C16H31N3O2. The van der Waals surface area contributed by atoms with Crippen LogP contribution in [0, 0.1) is 0 Å². The molecule has 0 saturated carbocycles. The second kappa shape index (κ2) is 9.92. The van der Waals surface area contributed by atoms with Gasteiger partial charge in [0.05, 0.1) is 32.1 Å². The first kappa shape index (κ1) is 18.1. The van der Waals surface area contributed by atoms with E-state index in [1.54, 1.807) is 7.11 Å². The van der Waals surface area contributed by atoms with Gasteiger partial charge in [0.2, 0.25) is 0 Å². The van der Waals surface area contributed by atoms with Crippen LogP contribution in [0.4, 0.5) is 0 Å². The van der Waals surface area contributed by atoms with Gasteiger partial charge in [0.15, 0.2) is 0 Å². The lowest BCUT2D eigenvalue weighted by atomic mass is 10.1. The van der Waals surface area contributed by atoms with E-state index in [2.05, 4.69) is 37.7 Å². The number of rotatable bonds is 11. The van der Waals surface area contributed by atoms with Gasteiger partial charge in [-0.25, -0.2) is 0 Å². The zero-order chi connectivity index (χ0) is 15.7. The number of aryl methyl sites for hydroxylation is 1. The van der Waals surface area contributed by atoms with Gasteiger partial charge in [-0.3, -0.25) is 4.68 Å². The first-order valence-electron chi connectivity index (χ1n) is 8.01. The number of methoxy groups -OCH3 is 1. The van der Waals surface area contributed by atoms with Gasteiger partial charge in [-0.05, 0) is 12.8 Å². The molecule has 0 amide bonds. The van der Waals surface area contributed by atoms with Crippen molar-refractivity contribution in [2.45, 2.75) is 59.7 Å². The lowest BCUT2D eigenvalue weighted by Gasteiger charge is -2.11. The Bertz CT molecular complexity index is 402. The molecule has 0 saturated heterocycles. The molecule has 1 aromatic rings. The maximum absolute atomic E-state index is 5.56. The van der Waals surface area contributed by atoms with Gasteiger partial charge in [-0.2, -0.15) is 5.10 Å². The molecule has 0 fully saturated rings. The molecule has 1 heterocycles. The molecule has 122 valence electrons. The molecule has 1 aromatic heterocycles. The summed E-state index contributed by atoms with van der Waals surface area (Å²) in [5, 5.41) is 8.27. The Morgan fingerprint density at radius 2 is 1.90 bits per heavy atom. The molecule has 0 aliphatic heterocycles. The first-order valence-corrected chi connectivity index (χ1v) is 8.01. The maximum atomic E-state index is 5.56. The van der Waals surface area contributed by atoms with E-state index in [4.69, 9.17) is 14.6 Å². The predicted molar refractivity (Wildman–Crippen MR) is 85.7 cm³/mol. The Morgan fingerprint density at radius 1 is 1.14 bits per heavy atom. The van der Waals surface area contributed by atoms with Crippen LogP contribution in [0.15, 0.2) is 0 Å². The number of nitrogens with zero attached hydrogens (tertiary/aromatic N) is 2. The van der Waals surface area contributed by atoms with E-state index in [0.29, 0.717) is 25.9 Å². The van der Waals surface area contributed by atoms with E-state index < -0.39 is 0 Å². The van der Waals surface area contributed by atoms with Crippen molar-refractivity contribution in [1.82, 2.24) is 15.1 Å². The molecule has 1 rings (SSSR count). The molecule has 0 aliphatic carbocycles. The minimum atomic E-state index is 0.486. The molecule has 0 radical (unpaired) electrons. The molecule has 1 N–H and O–H groups in total. The molecule has 0 aromatic carbocycles. The molecule has 0 atom stereocenters. The largest absolute Gasteiger partial charge is 0.382 e. The van der Waals surface area contributed by atoms with Gasteiger partial charge in [0.25, 0.3) is 0 Å². The fraction of sp³-hybridized carbons (Fsp3) is 0.812. The van der Waals surface area contributed by atoms with Crippen LogP contribution in [0.1, 0.15) is 44.6 Å². The fourth-order valence-electron chi connectivity index (χ4n) is 2.36. The van der Waals surface area contributed by atoms with Crippen molar-refractivity contribution in [3.8, 4) is 0 Å². The average Bonchev–Trinajstić information content (AvgIpc) is 2.81. The van der Waals surface area contributed by atoms with Crippen molar-refractivity contribution in [1.29, 1.82) is 0 Å². The first-order chi connectivity index (χ1) is 10.1. The van der Waals surface area contributed by atoms with Crippen molar-refractivity contribution in [3.05, 3.63) is 17.0 Å². The molecule has 5 heteroatoms. The zero-order valence-corrected chi connectivity index (χ0v) is 14.2. The second-order valence-electron chi connectivity index (χ2n) is 5.44. The van der Waals surface area contributed by atoms with E-state index in [1.165, 1.54) is 17.0 Å². The summed E-state index contributed by atoms with van der Waals surface area (Å²) in [6.45, 7) is 12.4. The van der Waals surface area contributed by atoms with Crippen LogP contribution in [0.25, 0.3) is 0 Å². The summed E-state index contributed by atoms with van der Waals surface area (Å²) in [5.41, 5.74) is 3.90. The number of aromatic nitrogens is 2. The standard InChI is InChI=1S/C16H31N3O2/c1-6-15-14(12-17-13(3)4)16(7-2)19(18-15)8-9-21-11-10-20-5/h13,17H,6-12H2,1-5H3. The highest BCUT2D eigenvalue weighted by Gasteiger charge is 2.15. The third-order valence-corrected chi connectivity index (χ3v) is 3.49. The Kier molecular flexibility index (Phi) is 8.57. The summed E-state index contributed by atoms with van der Waals surface area (Å²) in [6, 6.07) is 0.486. The van der Waals surface area contributed by atoms with Gasteiger partial charge < -0.3 is 14.8 Å². The van der Waals surface area contributed by atoms with Crippen LogP contribution in [-0.2, 0) is 35.4 Å². The number of hydrogen-bond donors (Lipinski definition) is 1. The van der Waals surface area contributed by atoms with Crippen LogP contribution in [0.5, 0.6) is 0 Å². The number of hydrogen-bond acceptors (Lipinski definition) is 4. The predicted octanol–water partition coefficient (Wildman–Crippen LogP) is 2.17. The Hall–Kier alpha value is -0.910. The third-order valence-electron chi connectivity index (χ3n) is 3.49. The zero-order valence-electron chi connectivity index (χ0n) is 14.2. The smallest absolute Gasteiger partial charge is 0.0701 e. The van der Waals surface area contributed by atoms with Crippen LogP contribution in [-0.4, -0.2) is 42.8 Å². The van der Waals surface area contributed by atoms with Gasteiger partial charge in [0.1, 0.15) is 0 Å². The summed E-state index contributed by atoms with van der Waals surface area (Å²) < 4.78 is 12.6. The Labute approximate surface area is 129 Å². The van der Waals surface area contributed by atoms with Crippen LogP contribution < -0.4 is 5.32 Å². The fourth-order valence-corrected chi connectivity index (χ4v) is 2.36. The molecule has 21 heavy (non-hydrogen) atoms. The van der Waals surface area contributed by atoms with E-state index >= 15 is 0 Å². The van der Waals surface area contributed by atoms with Gasteiger partial charge in [-0.15, -0.1) is 0 Å². The van der Waals surface area contributed by atoms with Gasteiger partial charge >= 0.3 is 0 Å². The van der Waals surface area contributed by atoms with Crippen molar-refractivity contribution in [2.24, 2.45) is 0 Å². The summed E-state index contributed by atoms with van der Waals surface area (Å²) >= 11 is 0. The highest BCUT2D eigenvalue weighted by molar-refractivity contribution is 5.26. The summed E-state index contributed by atoms with van der Waals surface area (Å²) in [7, 11) is 1.69. The van der Waals surface area contributed by atoms with E-state index in [1.807, 2.05) is 0 Å². The van der Waals surface area contributed by atoms with Crippen LogP contribution >= 0.6 is 0 Å². The maximum Gasteiger partial charge on any atom is 0.0701 e. The van der Waals surface area contributed by atoms with Crippen molar-refractivity contribution in [3.63, 3.8) is 0 Å². The summed E-state index contributed by atoms with van der Waals surface area (Å²) in [5.74, 6) is 0. The SMILES string of the molecule is CCc1nn(CCOCCOC)c(CC)c1CNC(C)C. The molecule has 0 spiro atoms. The van der Waals surface area contributed by atoms with E-state index in [-0.39, 0.29) is 0 Å². The lowest BCUT2D eigenvalue weighted by molar-refractivity contribution is 0.0651. The Morgan fingerprint density at radius 3 is 2.48 bits per heavy atom. The number of ether oxygens (including phenoxy) is 2. The minimum Gasteiger partial charge on any atom is -0.382 e. The average molecular weight is 297 g/mol. The van der Waals surface area contributed by atoms with Crippen LogP contribution in [0.2, 0.25) is 0 Å². The summed E-state index contributed by atoms with van der Waals surface area (Å²) in [6.07, 6.45) is 1.97. The minimum absolute atomic E-state index is 0.486. The second-order valence-corrected chi connectivity index (χ2v) is 5.44. The third kappa shape index (κ3) is 5.77. The molecule has 0 bridgehead atoms. The monoisotopic (exact) mass is 297 g/mol. The quantitative estimate of drug-likeness (QED) is 0.636. The summed E-state index contributed by atoms with van der Waals surface area (Å²) in [4.78, 5) is 0. The van der Waals surface area contributed by atoms with Crippen molar-refractivity contribution >= 4 is 0 Å². The molecule has 0 aliphatic rings. The van der Waals surface area contributed by atoms with Crippen LogP contribution in [0.3, 0.4) is 0 Å². The number of nitrogens with one attached hydrogen (secondary N) is 1.